The smallest absolute Gasteiger partial charge is 0.122 e. The van der Waals surface area contributed by atoms with Crippen LogP contribution in [0.5, 0.6) is 0 Å². The molecule has 2 aliphatic heterocycles. The Morgan fingerprint density at radius 2 is 1.90 bits per heavy atom. The third-order valence-corrected chi connectivity index (χ3v) is 11.6. The van der Waals surface area contributed by atoms with Gasteiger partial charge in [-0.2, -0.15) is 0 Å². The zero-order valence-electron chi connectivity index (χ0n) is 19.6. The van der Waals surface area contributed by atoms with Crippen LogP contribution in [0.4, 0.5) is 0 Å². The first kappa shape index (κ1) is 20.2. The summed E-state index contributed by atoms with van der Waals surface area (Å²) in [5, 5.41) is 14.1. The largest absolute Gasteiger partial charge is 0.393 e. The van der Waals surface area contributed by atoms with E-state index in [0.29, 0.717) is 22.9 Å². The Balaban J connectivity index is 1.28. The predicted octanol–water partition coefficient (Wildman–Crippen LogP) is 5.29. The Morgan fingerprint density at radius 3 is 2.67 bits per heavy atom. The van der Waals surface area contributed by atoms with Crippen LogP contribution in [0.25, 0.3) is 0 Å². The summed E-state index contributed by atoms with van der Waals surface area (Å²) in [6, 6.07) is 0. The molecule has 3 nitrogen and oxygen atoms in total. The Morgan fingerprint density at radius 1 is 1.07 bits per heavy atom. The van der Waals surface area contributed by atoms with E-state index in [2.05, 4.69) is 39.1 Å². The maximum Gasteiger partial charge on any atom is 0.122 e. The fraction of sp³-hybridized carbons (Fsp3) is 0.926. The quantitative estimate of drug-likeness (QED) is 0.530. The molecule has 0 unspecified atom stereocenters. The van der Waals surface area contributed by atoms with Crippen molar-refractivity contribution in [2.24, 2.45) is 46.3 Å². The standard InChI is InChI=1S/C27H43NO2/c1-16-7-12-27(28-15-16)17(2)24-23(30-27)14-22-20-6-5-18-13-19(29)8-10-25(18,3)21(20)9-11-26(22,24)4/h5,16-17,19-24,28-29H,6-15H2,1-4H3/t16-,17-,19-,20+,21-,22-,23-,24-,25-,26-,27+/m0/s1. The van der Waals surface area contributed by atoms with E-state index in [0.717, 1.165) is 49.0 Å². The van der Waals surface area contributed by atoms with Crippen LogP contribution in [-0.2, 0) is 4.74 Å². The average Bonchev–Trinajstić information content (AvgIpc) is 3.16. The molecule has 2 N–H and O–H groups in total. The van der Waals surface area contributed by atoms with Crippen LogP contribution < -0.4 is 5.32 Å². The van der Waals surface area contributed by atoms with E-state index >= 15 is 0 Å². The second-order valence-corrected chi connectivity index (χ2v) is 12.8. The molecule has 30 heavy (non-hydrogen) atoms. The highest BCUT2D eigenvalue weighted by molar-refractivity contribution is 5.26. The summed E-state index contributed by atoms with van der Waals surface area (Å²) in [5.74, 6) is 4.58. The number of hydrogen-bond acceptors (Lipinski definition) is 3. The Bertz CT molecular complexity index is 739. The summed E-state index contributed by atoms with van der Waals surface area (Å²) in [4.78, 5) is 0. The van der Waals surface area contributed by atoms with E-state index in [1.54, 1.807) is 5.57 Å². The molecular formula is C27H43NO2. The lowest BCUT2D eigenvalue weighted by Gasteiger charge is -2.58. The van der Waals surface area contributed by atoms with Gasteiger partial charge in [0, 0.05) is 12.5 Å². The number of nitrogens with one attached hydrogen (secondary N) is 1. The van der Waals surface area contributed by atoms with Crippen LogP contribution in [0, 0.1) is 46.3 Å². The second kappa shape index (κ2) is 6.58. The van der Waals surface area contributed by atoms with Gasteiger partial charge in [0.05, 0.1) is 12.2 Å². The first-order valence-corrected chi connectivity index (χ1v) is 13.1. The summed E-state index contributed by atoms with van der Waals surface area (Å²) in [7, 11) is 0. The fourth-order valence-electron chi connectivity index (χ4n) is 9.84. The third-order valence-electron chi connectivity index (χ3n) is 11.6. The summed E-state index contributed by atoms with van der Waals surface area (Å²) < 4.78 is 7.00. The molecule has 0 amide bonds. The highest BCUT2D eigenvalue weighted by Gasteiger charge is 2.68. The lowest BCUT2D eigenvalue weighted by atomic mass is 9.47. The van der Waals surface area contributed by atoms with E-state index in [1.807, 2.05) is 0 Å². The monoisotopic (exact) mass is 413 g/mol. The molecular weight excluding hydrogens is 370 g/mol. The van der Waals surface area contributed by atoms with Crippen molar-refractivity contribution in [1.82, 2.24) is 5.32 Å². The molecule has 3 saturated carbocycles. The van der Waals surface area contributed by atoms with Crippen molar-refractivity contribution in [3.05, 3.63) is 11.6 Å². The van der Waals surface area contributed by atoms with Crippen LogP contribution in [0.3, 0.4) is 0 Å². The molecule has 2 saturated heterocycles. The van der Waals surface area contributed by atoms with Gasteiger partial charge in [-0.3, -0.25) is 5.32 Å². The van der Waals surface area contributed by atoms with Crippen LogP contribution >= 0.6 is 0 Å². The van der Waals surface area contributed by atoms with Gasteiger partial charge in [0.1, 0.15) is 5.72 Å². The number of piperidine rings is 1. The topological polar surface area (TPSA) is 41.5 Å². The number of ether oxygens (including phenoxy) is 1. The van der Waals surface area contributed by atoms with Gasteiger partial charge in [0.15, 0.2) is 0 Å². The van der Waals surface area contributed by atoms with E-state index < -0.39 is 0 Å². The van der Waals surface area contributed by atoms with Crippen molar-refractivity contribution in [3.63, 3.8) is 0 Å². The minimum atomic E-state index is -0.100. The van der Waals surface area contributed by atoms with Crippen molar-refractivity contribution < 1.29 is 9.84 Å². The normalized spacial score (nSPS) is 59.8. The molecule has 4 aliphatic carbocycles. The summed E-state index contributed by atoms with van der Waals surface area (Å²) in [6.07, 6.45) is 13.8. The molecule has 1 spiro atoms. The van der Waals surface area contributed by atoms with Crippen LogP contribution in [0.1, 0.15) is 85.5 Å². The summed E-state index contributed by atoms with van der Waals surface area (Å²) in [5.41, 5.74) is 2.33. The van der Waals surface area contributed by atoms with Gasteiger partial charge in [0.2, 0.25) is 0 Å². The van der Waals surface area contributed by atoms with Gasteiger partial charge < -0.3 is 9.84 Å². The van der Waals surface area contributed by atoms with Gasteiger partial charge >= 0.3 is 0 Å². The molecule has 2 heterocycles. The first-order chi connectivity index (χ1) is 14.3. The number of aliphatic hydroxyl groups is 1. The van der Waals surface area contributed by atoms with Gasteiger partial charge in [-0.05, 0) is 98.2 Å². The molecule has 0 aromatic carbocycles. The number of fused-ring (bicyclic) bond motifs is 7. The SMILES string of the molecule is C[C@H]1CC[C@@]2(NC1)O[C@H]1C[C@H]3[C@@H]4CC=C5C[C@@H](O)CC[C@]5(C)[C@H]4CC[C@]3(C)[C@H]1[C@@H]2C. The number of allylic oxidation sites excluding steroid dienone is 1. The summed E-state index contributed by atoms with van der Waals surface area (Å²) in [6.45, 7) is 11.2. The molecule has 6 aliphatic rings. The molecule has 0 bridgehead atoms. The van der Waals surface area contributed by atoms with Gasteiger partial charge in [-0.25, -0.2) is 0 Å². The Kier molecular flexibility index (Phi) is 4.44. The summed E-state index contributed by atoms with van der Waals surface area (Å²) >= 11 is 0. The van der Waals surface area contributed by atoms with E-state index in [1.165, 1.54) is 44.9 Å². The maximum absolute atomic E-state index is 10.3. The van der Waals surface area contributed by atoms with Crippen molar-refractivity contribution >= 4 is 0 Å². The third kappa shape index (κ3) is 2.55. The molecule has 3 heteroatoms. The van der Waals surface area contributed by atoms with Crippen LogP contribution in [-0.4, -0.2) is 29.6 Å². The minimum Gasteiger partial charge on any atom is -0.393 e. The molecule has 0 aromatic rings. The zero-order chi connectivity index (χ0) is 20.9. The van der Waals surface area contributed by atoms with Gasteiger partial charge in [0.25, 0.3) is 0 Å². The zero-order valence-corrected chi connectivity index (χ0v) is 19.6. The molecule has 168 valence electrons. The molecule has 5 fully saturated rings. The van der Waals surface area contributed by atoms with Crippen LogP contribution in [0.15, 0.2) is 11.6 Å². The molecule has 6 rings (SSSR count). The van der Waals surface area contributed by atoms with Crippen molar-refractivity contribution in [1.29, 1.82) is 0 Å². The number of rotatable bonds is 0. The highest BCUT2D eigenvalue weighted by atomic mass is 16.5. The lowest BCUT2D eigenvalue weighted by molar-refractivity contribution is -0.115. The minimum absolute atomic E-state index is 0.0439. The van der Waals surface area contributed by atoms with Gasteiger partial charge in [-0.15, -0.1) is 0 Å². The lowest BCUT2D eigenvalue weighted by Crippen LogP contribution is -2.57. The van der Waals surface area contributed by atoms with Crippen molar-refractivity contribution in [3.8, 4) is 0 Å². The molecule has 0 aromatic heterocycles. The first-order valence-electron chi connectivity index (χ1n) is 13.1. The fourth-order valence-corrected chi connectivity index (χ4v) is 9.84. The molecule has 0 radical (unpaired) electrons. The number of aliphatic hydroxyl groups excluding tert-OH is 1. The van der Waals surface area contributed by atoms with Crippen LogP contribution in [0.2, 0.25) is 0 Å². The Labute approximate surface area is 183 Å². The van der Waals surface area contributed by atoms with E-state index in [4.69, 9.17) is 4.74 Å². The Hall–Kier alpha value is -0.380. The second-order valence-electron chi connectivity index (χ2n) is 12.8. The van der Waals surface area contributed by atoms with E-state index in [9.17, 15) is 5.11 Å². The molecule has 11 atom stereocenters. The van der Waals surface area contributed by atoms with E-state index in [-0.39, 0.29) is 11.8 Å². The number of hydrogen-bond donors (Lipinski definition) is 2. The van der Waals surface area contributed by atoms with Gasteiger partial charge in [-0.1, -0.05) is 39.3 Å². The highest BCUT2D eigenvalue weighted by Crippen LogP contribution is 2.70. The van der Waals surface area contributed by atoms with Crippen molar-refractivity contribution in [2.45, 2.75) is 103 Å². The maximum atomic E-state index is 10.3. The predicted molar refractivity (Wildman–Crippen MR) is 120 cm³/mol. The average molecular weight is 414 g/mol. The van der Waals surface area contributed by atoms with Crippen molar-refractivity contribution in [2.75, 3.05) is 6.54 Å².